The first-order chi connectivity index (χ1) is 10.1. The van der Waals surface area contributed by atoms with Crippen molar-refractivity contribution in [2.24, 2.45) is 11.8 Å². The normalized spacial score (nSPS) is 23.7. The van der Waals surface area contributed by atoms with E-state index in [4.69, 9.17) is 5.11 Å². The van der Waals surface area contributed by atoms with E-state index in [1.807, 2.05) is 0 Å². The molecule has 1 rings (SSSR count). The van der Waals surface area contributed by atoms with Crippen molar-refractivity contribution in [3.05, 3.63) is 12.2 Å². The molecule has 0 aromatic carbocycles. The summed E-state index contributed by atoms with van der Waals surface area (Å²) < 4.78 is 0. The molecule has 0 saturated heterocycles. The molecule has 0 aliphatic heterocycles. The van der Waals surface area contributed by atoms with Crippen LogP contribution in [-0.4, -0.2) is 22.3 Å². The highest BCUT2D eigenvalue weighted by Gasteiger charge is 2.29. The number of rotatable bonds is 11. The Morgan fingerprint density at radius 2 is 1.90 bits per heavy atom. The molecular weight excluding hydrogens is 264 g/mol. The lowest BCUT2D eigenvalue weighted by molar-refractivity contribution is -0.137. The van der Waals surface area contributed by atoms with Crippen LogP contribution >= 0.6 is 0 Å². The van der Waals surface area contributed by atoms with E-state index in [1.54, 1.807) is 0 Å². The van der Waals surface area contributed by atoms with Crippen molar-refractivity contribution in [3.63, 3.8) is 0 Å². The molecule has 122 valence electrons. The van der Waals surface area contributed by atoms with E-state index < -0.39 is 5.97 Å². The van der Waals surface area contributed by atoms with E-state index in [2.05, 4.69) is 19.1 Å². The zero-order valence-corrected chi connectivity index (χ0v) is 13.5. The first-order valence-electron chi connectivity index (χ1n) is 8.71. The van der Waals surface area contributed by atoms with Crippen molar-refractivity contribution in [3.8, 4) is 0 Å². The Balaban J connectivity index is 2.05. The van der Waals surface area contributed by atoms with E-state index in [0.29, 0.717) is 18.3 Å². The molecule has 0 aromatic rings. The summed E-state index contributed by atoms with van der Waals surface area (Å²) in [6.45, 7) is 2.06. The molecule has 2 N–H and O–H groups in total. The van der Waals surface area contributed by atoms with Crippen molar-refractivity contribution in [2.75, 3.05) is 0 Å². The number of allylic oxidation sites excluding steroid dienone is 2. The summed E-state index contributed by atoms with van der Waals surface area (Å²) in [4.78, 5) is 10.4. The van der Waals surface area contributed by atoms with Crippen LogP contribution in [0.2, 0.25) is 0 Å². The van der Waals surface area contributed by atoms with Gasteiger partial charge in [-0.1, -0.05) is 44.8 Å². The summed E-state index contributed by atoms with van der Waals surface area (Å²) in [6, 6.07) is 0. The van der Waals surface area contributed by atoms with Crippen LogP contribution in [0.25, 0.3) is 0 Å². The summed E-state index contributed by atoms with van der Waals surface area (Å²) in [5.74, 6) is 0.371. The smallest absolute Gasteiger partial charge is 0.303 e. The zero-order chi connectivity index (χ0) is 15.5. The maximum atomic E-state index is 10.4. The lowest BCUT2D eigenvalue weighted by Crippen LogP contribution is -2.22. The lowest BCUT2D eigenvalue weighted by atomic mass is 9.89. The second-order valence-electron chi connectivity index (χ2n) is 6.36. The van der Waals surface area contributed by atoms with Gasteiger partial charge in [-0.2, -0.15) is 0 Å². The highest BCUT2D eigenvalue weighted by atomic mass is 16.4. The number of aliphatic carboxylic acids is 1. The van der Waals surface area contributed by atoms with E-state index >= 15 is 0 Å². The van der Waals surface area contributed by atoms with Crippen molar-refractivity contribution in [1.82, 2.24) is 0 Å². The fourth-order valence-electron chi connectivity index (χ4n) is 3.38. The van der Waals surface area contributed by atoms with Crippen LogP contribution in [0.1, 0.15) is 77.6 Å². The van der Waals surface area contributed by atoms with Crippen LogP contribution in [0.5, 0.6) is 0 Å². The van der Waals surface area contributed by atoms with Crippen molar-refractivity contribution in [2.45, 2.75) is 83.7 Å². The minimum Gasteiger partial charge on any atom is -0.481 e. The van der Waals surface area contributed by atoms with E-state index in [9.17, 15) is 9.90 Å². The Kier molecular flexibility index (Phi) is 9.40. The third kappa shape index (κ3) is 7.66. The van der Waals surface area contributed by atoms with Gasteiger partial charge >= 0.3 is 5.97 Å². The van der Waals surface area contributed by atoms with E-state index in [1.165, 1.54) is 32.1 Å². The van der Waals surface area contributed by atoms with Gasteiger partial charge in [-0.15, -0.1) is 0 Å². The third-order valence-electron chi connectivity index (χ3n) is 4.68. The number of unbranched alkanes of at least 4 members (excludes halogenated alkanes) is 5. The molecule has 0 unspecified atom stereocenters. The molecule has 1 aliphatic rings. The molecule has 0 spiro atoms. The van der Waals surface area contributed by atoms with Gasteiger partial charge in [0.15, 0.2) is 0 Å². The Morgan fingerprint density at radius 3 is 2.62 bits per heavy atom. The summed E-state index contributed by atoms with van der Waals surface area (Å²) in [6.07, 6.45) is 15.8. The molecule has 0 bridgehead atoms. The Morgan fingerprint density at radius 1 is 1.19 bits per heavy atom. The van der Waals surface area contributed by atoms with Crippen molar-refractivity contribution >= 4 is 5.97 Å². The fraction of sp³-hybridized carbons (Fsp3) is 0.833. The summed E-state index contributed by atoms with van der Waals surface area (Å²) in [5.41, 5.74) is 0. The standard InChI is InChI=1S/C18H32O3/c1-2-17(19)16-13-10-12-15(16)11-8-6-4-3-5-7-9-14-18(20)21/h8,11,15-17,19H,2-7,9-10,12-14H2,1H3,(H,20,21)/b11-8-/t15-,16-,17+/m1/s1. The second-order valence-corrected chi connectivity index (χ2v) is 6.36. The summed E-state index contributed by atoms with van der Waals surface area (Å²) in [7, 11) is 0. The quantitative estimate of drug-likeness (QED) is 0.434. The number of aliphatic hydroxyl groups is 1. The monoisotopic (exact) mass is 296 g/mol. The molecule has 1 fully saturated rings. The molecule has 0 aromatic heterocycles. The minimum absolute atomic E-state index is 0.128. The molecular formula is C18H32O3. The first-order valence-corrected chi connectivity index (χ1v) is 8.71. The Labute approximate surface area is 129 Å². The average Bonchev–Trinajstić information content (AvgIpc) is 2.92. The molecule has 3 atom stereocenters. The number of hydrogen-bond donors (Lipinski definition) is 2. The Hall–Kier alpha value is -0.830. The predicted octanol–water partition coefficient (Wildman–Crippen LogP) is 4.55. The van der Waals surface area contributed by atoms with Gasteiger partial charge in [0.25, 0.3) is 0 Å². The SMILES string of the molecule is CC[C@H](O)[C@@H]1CCC[C@H]1/C=C\CCCCCCCC(=O)O. The minimum atomic E-state index is -0.682. The van der Waals surface area contributed by atoms with Gasteiger partial charge in [0.1, 0.15) is 0 Å². The van der Waals surface area contributed by atoms with Gasteiger partial charge in [-0.25, -0.2) is 0 Å². The maximum absolute atomic E-state index is 10.4. The third-order valence-corrected chi connectivity index (χ3v) is 4.68. The van der Waals surface area contributed by atoms with Gasteiger partial charge in [-0.3, -0.25) is 4.79 Å². The number of carbonyl (C=O) groups is 1. The van der Waals surface area contributed by atoms with Crippen LogP contribution in [0.4, 0.5) is 0 Å². The number of carboxylic acid groups (broad SMARTS) is 1. The zero-order valence-electron chi connectivity index (χ0n) is 13.5. The van der Waals surface area contributed by atoms with E-state index in [-0.39, 0.29) is 6.10 Å². The summed E-state index contributed by atoms with van der Waals surface area (Å²) in [5, 5.41) is 18.6. The van der Waals surface area contributed by atoms with Crippen LogP contribution in [0.15, 0.2) is 12.2 Å². The largest absolute Gasteiger partial charge is 0.481 e. The molecule has 1 aliphatic carbocycles. The maximum Gasteiger partial charge on any atom is 0.303 e. The average molecular weight is 296 g/mol. The topological polar surface area (TPSA) is 57.5 Å². The van der Waals surface area contributed by atoms with Gasteiger partial charge < -0.3 is 10.2 Å². The first kappa shape index (κ1) is 18.2. The number of aliphatic hydroxyl groups excluding tert-OH is 1. The van der Waals surface area contributed by atoms with Crippen molar-refractivity contribution in [1.29, 1.82) is 0 Å². The van der Waals surface area contributed by atoms with Gasteiger partial charge in [0.05, 0.1) is 6.10 Å². The molecule has 0 amide bonds. The molecule has 1 saturated carbocycles. The van der Waals surface area contributed by atoms with Gasteiger partial charge in [0.2, 0.25) is 0 Å². The second kappa shape index (κ2) is 10.8. The van der Waals surface area contributed by atoms with Crippen LogP contribution in [0, 0.1) is 11.8 Å². The molecule has 3 heteroatoms. The van der Waals surface area contributed by atoms with Crippen LogP contribution in [-0.2, 0) is 4.79 Å². The molecule has 0 radical (unpaired) electrons. The van der Waals surface area contributed by atoms with Gasteiger partial charge in [0, 0.05) is 6.42 Å². The predicted molar refractivity (Wildman–Crippen MR) is 86.2 cm³/mol. The number of hydrogen-bond acceptors (Lipinski definition) is 2. The van der Waals surface area contributed by atoms with Crippen LogP contribution < -0.4 is 0 Å². The van der Waals surface area contributed by atoms with Gasteiger partial charge in [-0.05, 0) is 50.4 Å². The fourth-order valence-corrected chi connectivity index (χ4v) is 3.38. The number of carboxylic acids is 1. The highest BCUT2D eigenvalue weighted by molar-refractivity contribution is 5.66. The highest BCUT2D eigenvalue weighted by Crippen LogP contribution is 2.36. The van der Waals surface area contributed by atoms with Crippen LogP contribution in [0.3, 0.4) is 0 Å². The van der Waals surface area contributed by atoms with Crippen molar-refractivity contribution < 1.29 is 15.0 Å². The Bertz CT molecular complexity index is 312. The molecule has 0 heterocycles. The molecule has 21 heavy (non-hydrogen) atoms. The lowest BCUT2D eigenvalue weighted by Gasteiger charge is -2.21. The molecule has 3 nitrogen and oxygen atoms in total. The van der Waals surface area contributed by atoms with E-state index in [0.717, 1.165) is 32.1 Å². The summed E-state index contributed by atoms with van der Waals surface area (Å²) >= 11 is 0.